The normalized spacial score (nSPS) is 23.6. The van der Waals surface area contributed by atoms with Gasteiger partial charge in [-0.2, -0.15) is 11.8 Å². The Balaban J connectivity index is 1.91. The number of pyridine rings is 1. The van der Waals surface area contributed by atoms with Gasteiger partial charge in [0.05, 0.1) is 0 Å². The first-order valence-corrected chi connectivity index (χ1v) is 7.72. The van der Waals surface area contributed by atoms with Crippen LogP contribution in [0.3, 0.4) is 0 Å². The molecule has 0 aromatic carbocycles. The second-order valence-electron chi connectivity index (χ2n) is 4.20. The summed E-state index contributed by atoms with van der Waals surface area (Å²) in [6.45, 7) is 0. The van der Waals surface area contributed by atoms with Gasteiger partial charge in [-0.15, -0.1) is 0 Å². The summed E-state index contributed by atoms with van der Waals surface area (Å²) in [6.07, 6.45) is 7.12. The largest absolute Gasteiger partial charge is 0.348 e. The number of amides is 1. The summed E-state index contributed by atoms with van der Waals surface area (Å²) in [4.78, 5) is 16.0. The fourth-order valence-electron chi connectivity index (χ4n) is 2.05. The van der Waals surface area contributed by atoms with Crippen LogP contribution in [0.5, 0.6) is 0 Å². The Kier molecular flexibility index (Phi) is 4.45. The van der Waals surface area contributed by atoms with Crippen molar-refractivity contribution >= 4 is 33.6 Å². The first kappa shape index (κ1) is 12.9. The third kappa shape index (κ3) is 3.45. The maximum absolute atomic E-state index is 11.9. The van der Waals surface area contributed by atoms with Gasteiger partial charge in [0.25, 0.3) is 5.91 Å². The van der Waals surface area contributed by atoms with Gasteiger partial charge < -0.3 is 5.32 Å². The van der Waals surface area contributed by atoms with E-state index in [9.17, 15) is 4.79 Å². The molecule has 1 aromatic rings. The van der Waals surface area contributed by atoms with Gasteiger partial charge in [0.2, 0.25) is 0 Å². The van der Waals surface area contributed by atoms with Crippen molar-refractivity contribution in [2.75, 3.05) is 6.26 Å². The standard InChI is InChI=1S/C12H15BrN2OS/c1-17-10-4-3-9(6-10)15-12(16)11-5-2-8(13)7-14-11/h2,5,7,9-10H,3-4,6H2,1H3,(H,15,16). The van der Waals surface area contributed by atoms with E-state index < -0.39 is 0 Å². The zero-order valence-corrected chi connectivity index (χ0v) is 12.1. The average molecular weight is 315 g/mol. The van der Waals surface area contributed by atoms with Crippen molar-refractivity contribution in [3.63, 3.8) is 0 Å². The monoisotopic (exact) mass is 314 g/mol. The van der Waals surface area contributed by atoms with E-state index in [1.807, 2.05) is 17.8 Å². The third-order valence-corrected chi connectivity index (χ3v) is 4.58. The van der Waals surface area contributed by atoms with Gasteiger partial charge >= 0.3 is 0 Å². The van der Waals surface area contributed by atoms with Crippen LogP contribution in [0.15, 0.2) is 22.8 Å². The molecule has 92 valence electrons. The number of hydrogen-bond acceptors (Lipinski definition) is 3. The quantitative estimate of drug-likeness (QED) is 0.932. The molecule has 0 radical (unpaired) electrons. The summed E-state index contributed by atoms with van der Waals surface area (Å²) in [5.74, 6) is -0.0655. The van der Waals surface area contributed by atoms with Gasteiger partial charge in [-0.05, 0) is 53.6 Å². The molecule has 0 saturated heterocycles. The highest BCUT2D eigenvalue weighted by Crippen LogP contribution is 2.28. The molecule has 1 aliphatic rings. The van der Waals surface area contributed by atoms with Gasteiger partial charge in [-0.3, -0.25) is 4.79 Å². The van der Waals surface area contributed by atoms with Crippen molar-refractivity contribution < 1.29 is 4.79 Å². The second-order valence-corrected chi connectivity index (χ2v) is 6.26. The lowest BCUT2D eigenvalue weighted by Crippen LogP contribution is -2.33. The minimum absolute atomic E-state index is 0.0655. The predicted molar refractivity (Wildman–Crippen MR) is 74.3 cm³/mol. The van der Waals surface area contributed by atoms with Crippen LogP contribution in [0, 0.1) is 0 Å². The van der Waals surface area contributed by atoms with E-state index in [2.05, 4.69) is 32.5 Å². The molecule has 17 heavy (non-hydrogen) atoms. The molecule has 1 aliphatic carbocycles. The summed E-state index contributed by atoms with van der Waals surface area (Å²) in [5, 5.41) is 3.74. The molecule has 5 heteroatoms. The van der Waals surface area contributed by atoms with Crippen LogP contribution in [0.4, 0.5) is 0 Å². The number of nitrogens with one attached hydrogen (secondary N) is 1. The number of hydrogen-bond donors (Lipinski definition) is 1. The Labute approximate surface area is 114 Å². The highest BCUT2D eigenvalue weighted by molar-refractivity contribution is 9.10. The summed E-state index contributed by atoms with van der Waals surface area (Å²) in [7, 11) is 0. The molecule has 0 aliphatic heterocycles. The second kappa shape index (κ2) is 5.87. The number of rotatable bonds is 3. The molecule has 0 bridgehead atoms. The van der Waals surface area contributed by atoms with E-state index in [4.69, 9.17) is 0 Å². The molecule has 1 heterocycles. The smallest absolute Gasteiger partial charge is 0.270 e. The number of carbonyl (C=O) groups is 1. The molecule has 1 N–H and O–H groups in total. The predicted octanol–water partition coefficient (Wildman–Crippen LogP) is 2.86. The summed E-state index contributed by atoms with van der Waals surface area (Å²) in [5.41, 5.74) is 0.487. The van der Waals surface area contributed by atoms with Crippen LogP contribution >= 0.6 is 27.7 Å². The summed E-state index contributed by atoms with van der Waals surface area (Å²) < 4.78 is 0.886. The SMILES string of the molecule is CSC1CCC(NC(=O)c2ccc(Br)cn2)C1. The van der Waals surface area contributed by atoms with E-state index in [0.29, 0.717) is 17.0 Å². The first-order valence-electron chi connectivity index (χ1n) is 5.64. The fraction of sp³-hybridized carbons (Fsp3) is 0.500. The highest BCUT2D eigenvalue weighted by atomic mass is 79.9. The molecular formula is C12H15BrN2OS. The van der Waals surface area contributed by atoms with Crippen molar-refractivity contribution in [1.82, 2.24) is 10.3 Å². The topological polar surface area (TPSA) is 42.0 Å². The van der Waals surface area contributed by atoms with Gasteiger partial charge in [-0.1, -0.05) is 0 Å². The molecule has 1 amide bonds. The van der Waals surface area contributed by atoms with E-state index in [1.54, 1.807) is 12.3 Å². The minimum Gasteiger partial charge on any atom is -0.348 e. The van der Waals surface area contributed by atoms with Crippen LogP contribution in [0.25, 0.3) is 0 Å². The third-order valence-electron chi connectivity index (χ3n) is 3.01. The summed E-state index contributed by atoms with van der Waals surface area (Å²) >= 11 is 5.19. The molecule has 1 fully saturated rings. The van der Waals surface area contributed by atoms with Crippen molar-refractivity contribution in [1.29, 1.82) is 0 Å². The number of carbonyl (C=O) groups excluding carboxylic acids is 1. The van der Waals surface area contributed by atoms with E-state index in [1.165, 1.54) is 6.42 Å². The van der Waals surface area contributed by atoms with E-state index in [0.717, 1.165) is 17.3 Å². The Morgan fingerprint density at radius 3 is 2.94 bits per heavy atom. The van der Waals surface area contributed by atoms with Crippen LogP contribution < -0.4 is 5.32 Å². The zero-order chi connectivity index (χ0) is 12.3. The van der Waals surface area contributed by atoms with Gasteiger partial charge in [0, 0.05) is 22.0 Å². The Hall–Kier alpha value is -0.550. The number of aromatic nitrogens is 1. The van der Waals surface area contributed by atoms with Crippen molar-refractivity contribution in [3.8, 4) is 0 Å². The zero-order valence-electron chi connectivity index (χ0n) is 9.65. The fourth-order valence-corrected chi connectivity index (χ4v) is 3.09. The first-order chi connectivity index (χ1) is 8.19. The number of thioether (sulfide) groups is 1. The Morgan fingerprint density at radius 2 is 2.35 bits per heavy atom. The van der Waals surface area contributed by atoms with Gasteiger partial charge in [-0.25, -0.2) is 4.98 Å². The number of halogens is 1. The van der Waals surface area contributed by atoms with E-state index >= 15 is 0 Å². The molecule has 0 spiro atoms. The maximum atomic E-state index is 11.9. The van der Waals surface area contributed by atoms with Crippen molar-refractivity contribution in [3.05, 3.63) is 28.5 Å². The molecule has 1 saturated carbocycles. The Bertz CT molecular complexity index is 396. The molecule has 2 unspecified atom stereocenters. The lowest BCUT2D eigenvalue weighted by molar-refractivity contribution is 0.0933. The van der Waals surface area contributed by atoms with E-state index in [-0.39, 0.29) is 5.91 Å². The maximum Gasteiger partial charge on any atom is 0.270 e. The lowest BCUT2D eigenvalue weighted by atomic mass is 10.2. The van der Waals surface area contributed by atoms with Crippen molar-refractivity contribution in [2.45, 2.75) is 30.6 Å². The van der Waals surface area contributed by atoms with Gasteiger partial charge in [0.1, 0.15) is 5.69 Å². The van der Waals surface area contributed by atoms with Crippen molar-refractivity contribution in [2.24, 2.45) is 0 Å². The van der Waals surface area contributed by atoms with Crippen LogP contribution in [0.2, 0.25) is 0 Å². The highest BCUT2D eigenvalue weighted by Gasteiger charge is 2.25. The lowest BCUT2D eigenvalue weighted by Gasteiger charge is -2.12. The molecule has 2 rings (SSSR count). The van der Waals surface area contributed by atoms with Crippen LogP contribution in [-0.2, 0) is 0 Å². The minimum atomic E-state index is -0.0655. The van der Waals surface area contributed by atoms with Crippen LogP contribution in [0.1, 0.15) is 29.8 Å². The molecule has 1 aromatic heterocycles. The Morgan fingerprint density at radius 1 is 1.53 bits per heavy atom. The molecule has 2 atom stereocenters. The molecule has 3 nitrogen and oxygen atoms in total. The van der Waals surface area contributed by atoms with Crippen LogP contribution in [-0.4, -0.2) is 28.4 Å². The average Bonchev–Trinajstić information content (AvgIpc) is 2.77. The number of nitrogens with zero attached hydrogens (tertiary/aromatic N) is 1. The van der Waals surface area contributed by atoms with Gasteiger partial charge in [0.15, 0.2) is 0 Å². The molecular weight excluding hydrogens is 300 g/mol. The summed E-state index contributed by atoms with van der Waals surface area (Å²) in [6, 6.07) is 3.88.